The van der Waals surface area contributed by atoms with E-state index in [1.807, 2.05) is 30.3 Å². The van der Waals surface area contributed by atoms with Gasteiger partial charge in [0.25, 0.3) is 0 Å². The maximum Gasteiger partial charge on any atom is 0.223 e. The molecule has 2 aromatic heterocycles. The minimum atomic E-state index is -0.0128. The molecule has 0 saturated heterocycles. The molecule has 8 heteroatoms. The van der Waals surface area contributed by atoms with Crippen molar-refractivity contribution in [2.45, 2.75) is 75.9 Å². The van der Waals surface area contributed by atoms with Crippen LogP contribution in [0.4, 0.5) is 0 Å². The Morgan fingerprint density at radius 3 is 2.63 bits per heavy atom. The lowest BCUT2D eigenvalue weighted by molar-refractivity contribution is -0.128. The quantitative estimate of drug-likeness (QED) is 0.554. The molecule has 0 radical (unpaired) electrons. The summed E-state index contributed by atoms with van der Waals surface area (Å²) in [7, 11) is 0. The SMILES string of the molecule is O=C(N[C@H]1Cc2cc(Cl)ccc2-n2c(nnc2[C@H]2CC[C@H](Oc3ccccn3)CC2)C1)C1CCC1. The summed E-state index contributed by atoms with van der Waals surface area (Å²) in [5.74, 6) is 3.24. The number of halogens is 1. The first-order valence-corrected chi connectivity index (χ1v) is 13.1. The molecule has 0 spiro atoms. The fourth-order valence-electron chi connectivity index (χ4n) is 5.60. The van der Waals surface area contributed by atoms with Gasteiger partial charge < -0.3 is 10.1 Å². The van der Waals surface area contributed by atoms with Crippen LogP contribution in [0.25, 0.3) is 5.69 Å². The number of rotatable bonds is 5. The monoisotopic (exact) mass is 491 g/mol. The van der Waals surface area contributed by atoms with E-state index in [0.29, 0.717) is 23.2 Å². The van der Waals surface area contributed by atoms with Gasteiger partial charge in [-0.3, -0.25) is 9.36 Å². The molecule has 1 aliphatic heterocycles. The van der Waals surface area contributed by atoms with Gasteiger partial charge in [0, 0.05) is 41.6 Å². The molecule has 1 amide bonds. The van der Waals surface area contributed by atoms with E-state index in [0.717, 1.165) is 74.3 Å². The maximum absolute atomic E-state index is 12.7. The Morgan fingerprint density at radius 2 is 1.89 bits per heavy atom. The molecule has 2 saturated carbocycles. The van der Waals surface area contributed by atoms with Crippen molar-refractivity contribution in [3.05, 3.63) is 64.8 Å². The van der Waals surface area contributed by atoms with Crippen LogP contribution in [0.5, 0.6) is 5.88 Å². The summed E-state index contributed by atoms with van der Waals surface area (Å²) in [4.78, 5) is 17.0. The molecular weight excluding hydrogens is 462 g/mol. The number of hydrogen-bond donors (Lipinski definition) is 1. The summed E-state index contributed by atoms with van der Waals surface area (Å²) in [5.41, 5.74) is 2.21. The van der Waals surface area contributed by atoms with Crippen LogP contribution in [0.3, 0.4) is 0 Å². The smallest absolute Gasteiger partial charge is 0.223 e. The first kappa shape index (κ1) is 22.5. The van der Waals surface area contributed by atoms with Crippen LogP contribution in [0.15, 0.2) is 42.6 Å². The number of pyridine rings is 1. The largest absolute Gasteiger partial charge is 0.474 e. The van der Waals surface area contributed by atoms with E-state index in [2.05, 4.69) is 31.1 Å². The Labute approximate surface area is 210 Å². The number of nitrogens with one attached hydrogen (secondary N) is 1. The van der Waals surface area contributed by atoms with Gasteiger partial charge in [0.2, 0.25) is 11.8 Å². The fourth-order valence-corrected chi connectivity index (χ4v) is 5.80. The number of carbonyl (C=O) groups is 1. The van der Waals surface area contributed by atoms with Crippen LogP contribution in [0.2, 0.25) is 5.02 Å². The van der Waals surface area contributed by atoms with Crippen molar-refractivity contribution >= 4 is 17.5 Å². The highest BCUT2D eigenvalue weighted by molar-refractivity contribution is 6.30. The normalized spacial score (nSPS) is 24.0. The third-order valence-electron chi connectivity index (χ3n) is 7.72. The highest BCUT2D eigenvalue weighted by atomic mass is 35.5. The molecule has 1 atom stereocenters. The predicted molar refractivity (Wildman–Crippen MR) is 133 cm³/mol. The van der Waals surface area contributed by atoms with Crippen molar-refractivity contribution in [1.82, 2.24) is 25.1 Å². The molecule has 1 aromatic carbocycles. The Morgan fingerprint density at radius 1 is 1.03 bits per heavy atom. The molecule has 0 unspecified atom stereocenters. The zero-order chi connectivity index (χ0) is 23.8. The van der Waals surface area contributed by atoms with E-state index < -0.39 is 0 Å². The second-order valence-electron chi connectivity index (χ2n) is 10.1. The number of benzene rings is 1. The lowest BCUT2D eigenvalue weighted by Crippen LogP contribution is -2.43. The summed E-state index contributed by atoms with van der Waals surface area (Å²) in [6.07, 6.45) is 10.4. The second-order valence-corrected chi connectivity index (χ2v) is 10.5. The number of hydrogen-bond acceptors (Lipinski definition) is 5. The number of aromatic nitrogens is 4. The highest BCUT2D eigenvalue weighted by Gasteiger charge is 2.33. The fraction of sp³-hybridized carbons (Fsp3) is 0.481. The molecule has 182 valence electrons. The van der Waals surface area contributed by atoms with Gasteiger partial charge in [0.05, 0.1) is 5.69 Å². The lowest BCUT2D eigenvalue weighted by atomic mass is 9.84. The molecule has 3 aromatic rings. The standard InChI is InChI=1S/C27H30ClN5O2/c28-20-9-12-23-19(14-20)15-21(30-27(34)18-4-3-5-18)16-24-31-32-26(33(23)24)17-7-10-22(11-8-17)35-25-6-1-2-13-29-25/h1-2,6,9,12-14,17-18,21-22H,3-5,7-8,10-11,15-16H2,(H,30,34)/t17-,21-,22-/m0/s1. The zero-order valence-electron chi connectivity index (χ0n) is 19.7. The lowest BCUT2D eigenvalue weighted by Gasteiger charge is -2.28. The molecule has 2 fully saturated rings. The first-order valence-electron chi connectivity index (χ1n) is 12.7. The van der Waals surface area contributed by atoms with Gasteiger partial charge in [-0.15, -0.1) is 10.2 Å². The van der Waals surface area contributed by atoms with Crippen molar-refractivity contribution in [3.8, 4) is 11.6 Å². The van der Waals surface area contributed by atoms with E-state index in [9.17, 15) is 4.79 Å². The second kappa shape index (κ2) is 9.61. The number of carbonyl (C=O) groups excluding carboxylic acids is 1. The Balaban J connectivity index is 1.23. The number of nitrogens with zero attached hydrogens (tertiary/aromatic N) is 4. The van der Waals surface area contributed by atoms with Crippen molar-refractivity contribution in [3.63, 3.8) is 0 Å². The highest BCUT2D eigenvalue weighted by Crippen LogP contribution is 2.37. The molecule has 7 nitrogen and oxygen atoms in total. The van der Waals surface area contributed by atoms with E-state index in [1.165, 1.54) is 0 Å². The number of ether oxygens (including phenoxy) is 1. The topological polar surface area (TPSA) is 81.9 Å². The summed E-state index contributed by atoms with van der Waals surface area (Å²) in [5, 5.41) is 13.3. The van der Waals surface area contributed by atoms with Crippen molar-refractivity contribution in [1.29, 1.82) is 0 Å². The molecular formula is C27H30ClN5O2. The minimum Gasteiger partial charge on any atom is -0.474 e. The van der Waals surface area contributed by atoms with E-state index in [1.54, 1.807) is 6.20 Å². The van der Waals surface area contributed by atoms with Gasteiger partial charge in [0.1, 0.15) is 17.8 Å². The van der Waals surface area contributed by atoms with E-state index in [4.69, 9.17) is 16.3 Å². The molecule has 2 aliphatic carbocycles. The average Bonchev–Trinajstić information content (AvgIpc) is 3.16. The number of amides is 1. The van der Waals surface area contributed by atoms with Gasteiger partial charge in [-0.05, 0) is 74.8 Å². The van der Waals surface area contributed by atoms with Crippen LogP contribution in [0.1, 0.15) is 68.1 Å². The molecule has 35 heavy (non-hydrogen) atoms. The number of fused-ring (bicyclic) bond motifs is 3. The van der Waals surface area contributed by atoms with E-state index >= 15 is 0 Å². The van der Waals surface area contributed by atoms with Crippen LogP contribution in [-0.4, -0.2) is 37.8 Å². The maximum atomic E-state index is 12.7. The van der Waals surface area contributed by atoms with Crippen LogP contribution >= 0.6 is 11.6 Å². The summed E-state index contributed by atoms with van der Waals surface area (Å²) in [6, 6.07) is 11.8. The molecule has 3 aliphatic rings. The Kier molecular flexibility index (Phi) is 6.19. The van der Waals surface area contributed by atoms with Crippen LogP contribution in [-0.2, 0) is 17.6 Å². The van der Waals surface area contributed by atoms with Gasteiger partial charge in [-0.2, -0.15) is 0 Å². The third-order valence-corrected chi connectivity index (χ3v) is 7.95. The van der Waals surface area contributed by atoms with Crippen molar-refractivity contribution < 1.29 is 9.53 Å². The first-order chi connectivity index (χ1) is 17.1. The van der Waals surface area contributed by atoms with Crippen molar-refractivity contribution in [2.24, 2.45) is 5.92 Å². The summed E-state index contributed by atoms with van der Waals surface area (Å²) >= 11 is 6.39. The average molecular weight is 492 g/mol. The van der Waals surface area contributed by atoms with Gasteiger partial charge >= 0.3 is 0 Å². The van der Waals surface area contributed by atoms with Gasteiger partial charge in [-0.25, -0.2) is 4.98 Å². The van der Waals surface area contributed by atoms with E-state index in [-0.39, 0.29) is 24.0 Å². The van der Waals surface area contributed by atoms with Gasteiger partial charge in [-0.1, -0.05) is 24.1 Å². The molecule has 1 N–H and O–H groups in total. The zero-order valence-corrected chi connectivity index (χ0v) is 20.5. The Bertz CT molecular complexity index is 1200. The minimum absolute atomic E-state index is 0.0128. The summed E-state index contributed by atoms with van der Waals surface area (Å²) in [6.45, 7) is 0. The molecule has 0 bridgehead atoms. The Hall–Kier alpha value is -2.93. The third kappa shape index (κ3) is 4.66. The molecule has 3 heterocycles. The van der Waals surface area contributed by atoms with Crippen molar-refractivity contribution in [2.75, 3.05) is 0 Å². The van der Waals surface area contributed by atoms with Gasteiger partial charge in [0.15, 0.2) is 0 Å². The summed E-state index contributed by atoms with van der Waals surface area (Å²) < 4.78 is 8.33. The predicted octanol–water partition coefficient (Wildman–Crippen LogP) is 4.80. The van der Waals surface area contributed by atoms with Crippen LogP contribution in [0, 0.1) is 5.92 Å². The molecule has 6 rings (SSSR count). The van der Waals surface area contributed by atoms with Crippen LogP contribution < -0.4 is 10.1 Å².